The topological polar surface area (TPSA) is 69.6 Å². The first-order valence-electron chi connectivity index (χ1n) is 6.01. The Morgan fingerprint density at radius 3 is 2.41 bits per heavy atom. The van der Waals surface area contributed by atoms with Crippen molar-refractivity contribution in [3.63, 3.8) is 0 Å². The van der Waals surface area contributed by atoms with E-state index in [9.17, 15) is 9.59 Å². The molecule has 1 atom stereocenters. The van der Waals surface area contributed by atoms with Crippen molar-refractivity contribution in [3.05, 3.63) is 0 Å². The van der Waals surface area contributed by atoms with Crippen LogP contribution in [0.4, 0.5) is 4.79 Å². The van der Waals surface area contributed by atoms with Crippen LogP contribution in [-0.2, 0) is 4.79 Å². The van der Waals surface area contributed by atoms with Gasteiger partial charge in [-0.05, 0) is 25.2 Å². The number of hydrogen-bond donors (Lipinski definition) is 2. The van der Waals surface area contributed by atoms with E-state index in [4.69, 9.17) is 5.11 Å². The van der Waals surface area contributed by atoms with Crippen LogP contribution in [0.2, 0.25) is 0 Å². The van der Waals surface area contributed by atoms with Crippen molar-refractivity contribution in [2.24, 2.45) is 5.41 Å². The van der Waals surface area contributed by atoms with E-state index in [1.54, 1.807) is 11.8 Å². The van der Waals surface area contributed by atoms with Gasteiger partial charge in [-0.1, -0.05) is 20.8 Å². The molecule has 1 rings (SSSR count). The summed E-state index contributed by atoms with van der Waals surface area (Å²) in [5, 5.41) is 11.7. The van der Waals surface area contributed by atoms with E-state index in [1.807, 2.05) is 0 Å². The van der Waals surface area contributed by atoms with E-state index >= 15 is 0 Å². The van der Waals surface area contributed by atoms with Gasteiger partial charge in [-0.15, -0.1) is 0 Å². The lowest BCUT2D eigenvalue weighted by Crippen LogP contribution is -2.55. The van der Waals surface area contributed by atoms with Gasteiger partial charge in [-0.3, -0.25) is 0 Å². The van der Waals surface area contributed by atoms with Crippen molar-refractivity contribution in [3.8, 4) is 0 Å². The molecule has 0 aliphatic carbocycles. The average molecular weight is 242 g/mol. The number of carboxylic acid groups (broad SMARTS) is 1. The molecule has 0 saturated carbocycles. The fraction of sp³-hybridized carbons (Fsp3) is 0.833. The van der Waals surface area contributed by atoms with E-state index in [1.165, 1.54) is 6.92 Å². The summed E-state index contributed by atoms with van der Waals surface area (Å²) >= 11 is 0. The van der Waals surface area contributed by atoms with E-state index < -0.39 is 11.5 Å². The molecule has 1 aliphatic heterocycles. The third-order valence-corrected chi connectivity index (χ3v) is 3.53. The Bertz CT molecular complexity index is 328. The van der Waals surface area contributed by atoms with E-state index in [0.717, 1.165) is 6.42 Å². The largest absolute Gasteiger partial charge is 0.480 e. The molecule has 1 aliphatic rings. The highest BCUT2D eigenvalue weighted by Crippen LogP contribution is 2.28. The van der Waals surface area contributed by atoms with Crippen LogP contribution < -0.4 is 5.32 Å². The number of likely N-dealkylation sites (tertiary alicyclic amines) is 1. The fourth-order valence-electron chi connectivity index (χ4n) is 1.89. The van der Waals surface area contributed by atoms with E-state index in [-0.39, 0.29) is 11.4 Å². The van der Waals surface area contributed by atoms with Gasteiger partial charge in [0.25, 0.3) is 0 Å². The first-order chi connectivity index (χ1) is 7.70. The molecule has 0 aromatic carbocycles. The van der Waals surface area contributed by atoms with Crippen molar-refractivity contribution < 1.29 is 14.7 Å². The number of aliphatic carboxylic acids is 1. The zero-order valence-corrected chi connectivity index (χ0v) is 11.0. The Balaban J connectivity index is 2.64. The highest BCUT2D eigenvalue weighted by atomic mass is 16.4. The summed E-state index contributed by atoms with van der Waals surface area (Å²) in [5.74, 6) is -0.994. The number of carbonyl (C=O) groups is 2. The minimum atomic E-state index is -1.18. The lowest BCUT2D eigenvalue weighted by molar-refractivity contribution is -0.143. The second kappa shape index (κ2) is 4.55. The number of carbonyl (C=O) groups excluding carboxylic acids is 1. The summed E-state index contributed by atoms with van der Waals surface area (Å²) in [5.41, 5.74) is -1.05. The average Bonchev–Trinajstić information content (AvgIpc) is 2.58. The van der Waals surface area contributed by atoms with E-state index in [2.05, 4.69) is 19.2 Å². The second-order valence-corrected chi connectivity index (χ2v) is 5.76. The Morgan fingerprint density at radius 1 is 1.47 bits per heavy atom. The molecule has 1 unspecified atom stereocenters. The number of nitrogens with one attached hydrogen (secondary N) is 1. The second-order valence-electron chi connectivity index (χ2n) is 5.76. The lowest BCUT2D eigenvalue weighted by atomic mass is 9.93. The summed E-state index contributed by atoms with van der Waals surface area (Å²) in [7, 11) is 0. The standard InChI is InChI=1S/C12H22N2O3/c1-5-12(4,9(15)16)13-10(17)14-7-6-11(2,3)8-14/h5-8H2,1-4H3,(H,13,17)(H,15,16). The molecule has 0 spiro atoms. The number of rotatable bonds is 3. The summed E-state index contributed by atoms with van der Waals surface area (Å²) in [6, 6.07) is -0.276. The van der Waals surface area contributed by atoms with Crippen LogP contribution in [0.25, 0.3) is 0 Å². The van der Waals surface area contributed by atoms with Gasteiger partial charge >= 0.3 is 12.0 Å². The van der Waals surface area contributed by atoms with Gasteiger partial charge in [-0.2, -0.15) is 0 Å². The van der Waals surface area contributed by atoms with Crippen LogP contribution in [0.15, 0.2) is 0 Å². The van der Waals surface area contributed by atoms with Gasteiger partial charge in [0.15, 0.2) is 0 Å². The first kappa shape index (κ1) is 13.8. The summed E-state index contributed by atoms with van der Waals surface area (Å²) < 4.78 is 0. The molecular formula is C12H22N2O3. The highest BCUT2D eigenvalue weighted by Gasteiger charge is 2.37. The van der Waals surface area contributed by atoms with Crippen molar-refractivity contribution in [2.75, 3.05) is 13.1 Å². The molecular weight excluding hydrogens is 220 g/mol. The molecule has 0 bridgehead atoms. The first-order valence-corrected chi connectivity index (χ1v) is 6.01. The van der Waals surface area contributed by atoms with Crippen LogP contribution in [0.3, 0.4) is 0 Å². The predicted molar refractivity (Wildman–Crippen MR) is 64.8 cm³/mol. The summed E-state index contributed by atoms with van der Waals surface area (Å²) in [6.45, 7) is 8.88. The Hall–Kier alpha value is -1.26. The zero-order chi connectivity index (χ0) is 13.3. The number of amides is 2. The van der Waals surface area contributed by atoms with Gasteiger partial charge in [0.2, 0.25) is 0 Å². The lowest BCUT2D eigenvalue weighted by Gasteiger charge is -2.28. The molecule has 2 amide bonds. The van der Waals surface area contributed by atoms with Crippen LogP contribution in [0.1, 0.15) is 40.5 Å². The minimum Gasteiger partial charge on any atom is -0.480 e. The van der Waals surface area contributed by atoms with Gasteiger partial charge < -0.3 is 15.3 Å². The maximum absolute atomic E-state index is 12.0. The van der Waals surface area contributed by atoms with Crippen LogP contribution in [-0.4, -0.2) is 40.6 Å². The zero-order valence-electron chi connectivity index (χ0n) is 11.0. The molecule has 98 valence electrons. The summed E-state index contributed by atoms with van der Waals surface area (Å²) in [6.07, 6.45) is 1.32. The molecule has 0 aromatic heterocycles. The van der Waals surface area contributed by atoms with Crippen molar-refractivity contribution in [1.82, 2.24) is 10.2 Å². The maximum atomic E-state index is 12.0. The molecule has 1 fully saturated rings. The predicted octanol–water partition coefficient (Wildman–Crippen LogP) is 1.68. The Labute approximate surface area is 102 Å². The molecule has 5 nitrogen and oxygen atoms in total. The van der Waals surface area contributed by atoms with Crippen LogP contribution in [0.5, 0.6) is 0 Å². The molecule has 0 radical (unpaired) electrons. The molecule has 0 aromatic rings. The van der Waals surface area contributed by atoms with Crippen LogP contribution >= 0.6 is 0 Å². The summed E-state index contributed by atoms with van der Waals surface area (Å²) in [4.78, 5) is 24.8. The number of nitrogens with zero attached hydrogens (tertiary/aromatic N) is 1. The number of hydrogen-bond acceptors (Lipinski definition) is 2. The molecule has 2 N–H and O–H groups in total. The third kappa shape index (κ3) is 3.11. The SMILES string of the molecule is CCC(C)(NC(=O)N1CCC(C)(C)C1)C(=O)O. The maximum Gasteiger partial charge on any atom is 0.329 e. The Kier molecular flexibility index (Phi) is 3.69. The minimum absolute atomic E-state index is 0.128. The highest BCUT2D eigenvalue weighted by molar-refractivity contribution is 5.86. The smallest absolute Gasteiger partial charge is 0.329 e. The number of carboxylic acids is 1. The third-order valence-electron chi connectivity index (χ3n) is 3.53. The van der Waals surface area contributed by atoms with Crippen molar-refractivity contribution >= 4 is 12.0 Å². The molecule has 1 heterocycles. The normalized spacial score (nSPS) is 22.0. The van der Waals surface area contributed by atoms with E-state index in [0.29, 0.717) is 19.5 Å². The quantitative estimate of drug-likeness (QED) is 0.791. The molecule has 1 saturated heterocycles. The monoisotopic (exact) mass is 242 g/mol. The molecule has 5 heteroatoms. The van der Waals surface area contributed by atoms with Gasteiger partial charge in [-0.25, -0.2) is 9.59 Å². The van der Waals surface area contributed by atoms with Crippen molar-refractivity contribution in [2.45, 2.75) is 46.1 Å². The van der Waals surface area contributed by atoms with Gasteiger partial charge in [0, 0.05) is 13.1 Å². The van der Waals surface area contributed by atoms with Gasteiger partial charge in [0.1, 0.15) is 5.54 Å². The number of urea groups is 1. The molecule has 17 heavy (non-hydrogen) atoms. The van der Waals surface area contributed by atoms with Crippen molar-refractivity contribution in [1.29, 1.82) is 0 Å². The van der Waals surface area contributed by atoms with Gasteiger partial charge in [0.05, 0.1) is 0 Å². The fourth-order valence-corrected chi connectivity index (χ4v) is 1.89. The Morgan fingerprint density at radius 2 is 2.06 bits per heavy atom. The van der Waals surface area contributed by atoms with Crippen LogP contribution in [0, 0.1) is 5.41 Å².